The molecule has 3 unspecified atom stereocenters. The van der Waals surface area contributed by atoms with Crippen LogP contribution in [0, 0.1) is 29.1 Å². The average Bonchev–Trinajstić information content (AvgIpc) is 3.30. The maximum absolute atomic E-state index is 12.9. The third-order valence-corrected chi connectivity index (χ3v) is 5.79. The molecule has 9 heteroatoms. The van der Waals surface area contributed by atoms with Gasteiger partial charge in [-0.05, 0) is 37.3 Å². The molecule has 2 fully saturated rings. The molecular formula is C21H24N6O3. The van der Waals surface area contributed by atoms with Crippen LogP contribution in [0.15, 0.2) is 18.3 Å². The van der Waals surface area contributed by atoms with Crippen LogP contribution in [0.1, 0.15) is 49.1 Å². The van der Waals surface area contributed by atoms with E-state index in [1.165, 1.54) is 0 Å². The summed E-state index contributed by atoms with van der Waals surface area (Å²) in [5.41, 5.74) is 1.13. The minimum absolute atomic E-state index is 0.0181. The zero-order chi connectivity index (χ0) is 21.1. The van der Waals surface area contributed by atoms with Gasteiger partial charge in [-0.25, -0.2) is 9.97 Å². The van der Waals surface area contributed by atoms with Gasteiger partial charge in [0.25, 0.3) is 0 Å². The van der Waals surface area contributed by atoms with Gasteiger partial charge in [-0.1, -0.05) is 12.8 Å². The molecule has 3 N–H and O–H groups in total. The zero-order valence-corrected chi connectivity index (χ0v) is 16.6. The molecule has 1 saturated carbocycles. The molecule has 0 spiro atoms. The highest BCUT2D eigenvalue weighted by Crippen LogP contribution is 2.36. The van der Waals surface area contributed by atoms with E-state index in [0.29, 0.717) is 36.5 Å². The highest BCUT2D eigenvalue weighted by molar-refractivity contribution is 5.97. The number of nitriles is 1. The topological polar surface area (TPSA) is 141 Å². The lowest BCUT2D eigenvalue weighted by molar-refractivity contribution is -0.127. The quantitative estimate of drug-likeness (QED) is 0.537. The number of nitrogens with zero attached hydrogens (tertiary/aromatic N) is 3. The second-order valence-corrected chi connectivity index (χ2v) is 8.17. The Morgan fingerprint density at radius 1 is 1.30 bits per heavy atom. The molecule has 3 atom stereocenters. The van der Waals surface area contributed by atoms with Crippen LogP contribution in [-0.4, -0.2) is 45.1 Å². The number of fused-ring (bicyclic) bond motifs is 1. The molecule has 0 bridgehead atoms. The summed E-state index contributed by atoms with van der Waals surface area (Å²) in [4.78, 5) is 48.8. The van der Waals surface area contributed by atoms with Gasteiger partial charge >= 0.3 is 0 Å². The minimum atomic E-state index is -0.751. The van der Waals surface area contributed by atoms with Crippen LogP contribution in [0.25, 0.3) is 11.2 Å². The van der Waals surface area contributed by atoms with E-state index in [0.717, 1.165) is 12.8 Å². The largest absolute Gasteiger partial charge is 0.356 e. The molecule has 0 aromatic carbocycles. The Morgan fingerprint density at radius 2 is 2.13 bits per heavy atom. The number of carbonyl (C=O) groups is 3. The first-order valence-electron chi connectivity index (χ1n) is 10.3. The van der Waals surface area contributed by atoms with E-state index < -0.39 is 12.0 Å². The van der Waals surface area contributed by atoms with Gasteiger partial charge in [-0.3, -0.25) is 14.4 Å². The standard InChI is InChI=1S/C21H24N6O3/c22-11-15(9-13-5-7-24-20(13)29)25-21(30)14(8-12-3-4-12)10-17(28)19-26-16-2-1-6-23-18(16)27-19/h1-2,6,12-15H,3-5,7-10H2,(H,24,29)(H,25,30)(H,23,26,27). The Morgan fingerprint density at radius 3 is 2.80 bits per heavy atom. The summed E-state index contributed by atoms with van der Waals surface area (Å²) in [7, 11) is 0. The van der Waals surface area contributed by atoms with Gasteiger partial charge in [0.1, 0.15) is 6.04 Å². The number of hydrogen-bond acceptors (Lipinski definition) is 6. The van der Waals surface area contributed by atoms with Gasteiger partial charge < -0.3 is 15.6 Å². The molecule has 3 heterocycles. The molecule has 0 radical (unpaired) electrons. The summed E-state index contributed by atoms with van der Waals surface area (Å²) < 4.78 is 0. The SMILES string of the molecule is N#CC(CC1CCNC1=O)NC(=O)C(CC(=O)c1nc2ncccc2[nH]1)CC1CC1. The number of nitrogens with one attached hydrogen (secondary N) is 3. The van der Waals surface area contributed by atoms with Crippen molar-refractivity contribution in [3.8, 4) is 6.07 Å². The number of carbonyl (C=O) groups excluding carboxylic acids is 3. The van der Waals surface area contributed by atoms with Crippen molar-refractivity contribution in [1.82, 2.24) is 25.6 Å². The number of amides is 2. The lowest BCUT2D eigenvalue weighted by atomic mass is 9.93. The van der Waals surface area contributed by atoms with Crippen LogP contribution in [0.2, 0.25) is 0 Å². The van der Waals surface area contributed by atoms with Gasteiger partial charge in [0.2, 0.25) is 11.8 Å². The lowest BCUT2D eigenvalue weighted by Crippen LogP contribution is -2.40. The fourth-order valence-corrected chi connectivity index (χ4v) is 3.92. The molecule has 1 saturated heterocycles. The van der Waals surface area contributed by atoms with Crippen LogP contribution in [0.5, 0.6) is 0 Å². The van der Waals surface area contributed by atoms with Crippen molar-refractivity contribution in [1.29, 1.82) is 5.26 Å². The Balaban J connectivity index is 1.41. The molecule has 1 aliphatic heterocycles. The van der Waals surface area contributed by atoms with Crippen molar-refractivity contribution < 1.29 is 14.4 Å². The van der Waals surface area contributed by atoms with Crippen LogP contribution >= 0.6 is 0 Å². The Bertz CT molecular complexity index is 973. The number of aromatic amines is 1. The first kappa shape index (κ1) is 20.0. The number of imidazole rings is 1. The molecule has 2 aliphatic rings. The highest BCUT2D eigenvalue weighted by Gasteiger charge is 2.34. The summed E-state index contributed by atoms with van der Waals surface area (Å²) in [6.45, 7) is 0.598. The maximum atomic E-state index is 12.9. The van der Waals surface area contributed by atoms with E-state index in [9.17, 15) is 19.6 Å². The van der Waals surface area contributed by atoms with Crippen molar-refractivity contribution in [3.05, 3.63) is 24.2 Å². The Labute approximate surface area is 173 Å². The number of aromatic nitrogens is 3. The molecule has 9 nitrogen and oxygen atoms in total. The fraction of sp³-hybridized carbons (Fsp3) is 0.524. The number of hydrogen-bond donors (Lipinski definition) is 3. The predicted octanol–water partition coefficient (Wildman–Crippen LogP) is 1.48. The average molecular weight is 408 g/mol. The smallest absolute Gasteiger partial charge is 0.224 e. The number of pyridine rings is 1. The number of Topliss-reactive ketones (excluding diaryl/α,β-unsaturated/α-hetero) is 1. The second kappa shape index (κ2) is 8.61. The summed E-state index contributed by atoms with van der Waals surface area (Å²) in [6.07, 6.45) is 5.28. The molecule has 2 aromatic heterocycles. The van der Waals surface area contributed by atoms with Gasteiger partial charge in [0, 0.05) is 31.0 Å². The van der Waals surface area contributed by atoms with Crippen LogP contribution < -0.4 is 10.6 Å². The lowest BCUT2D eigenvalue weighted by Gasteiger charge is -2.19. The van der Waals surface area contributed by atoms with Crippen molar-refractivity contribution in [2.75, 3.05) is 6.54 Å². The third kappa shape index (κ3) is 4.64. The van der Waals surface area contributed by atoms with Gasteiger partial charge in [-0.2, -0.15) is 5.26 Å². The van der Waals surface area contributed by atoms with Gasteiger partial charge in [0.05, 0.1) is 11.6 Å². The minimum Gasteiger partial charge on any atom is -0.356 e. The van der Waals surface area contributed by atoms with E-state index in [4.69, 9.17) is 0 Å². The van der Waals surface area contributed by atoms with Gasteiger partial charge in [0.15, 0.2) is 17.3 Å². The van der Waals surface area contributed by atoms with Crippen LogP contribution in [0.3, 0.4) is 0 Å². The van der Waals surface area contributed by atoms with Crippen LogP contribution in [0.4, 0.5) is 0 Å². The predicted molar refractivity (Wildman–Crippen MR) is 107 cm³/mol. The maximum Gasteiger partial charge on any atom is 0.224 e. The van der Waals surface area contributed by atoms with Crippen molar-refractivity contribution >= 4 is 28.8 Å². The Hall–Kier alpha value is -3.28. The van der Waals surface area contributed by atoms with Gasteiger partial charge in [-0.15, -0.1) is 0 Å². The third-order valence-electron chi connectivity index (χ3n) is 5.79. The normalized spacial score (nSPS) is 20.4. The van der Waals surface area contributed by atoms with Crippen molar-refractivity contribution in [3.63, 3.8) is 0 Å². The van der Waals surface area contributed by atoms with E-state index in [1.807, 2.05) is 0 Å². The number of H-pyrrole nitrogens is 1. The summed E-state index contributed by atoms with van der Waals surface area (Å²) in [5.74, 6) is -0.802. The number of rotatable bonds is 9. The first-order valence-corrected chi connectivity index (χ1v) is 10.3. The van der Waals surface area contributed by atoms with E-state index >= 15 is 0 Å². The Kier molecular flexibility index (Phi) is 5.74. The monoisotopic (exact) mass is 408 g/mol. The fourth-order valence-electron chi connectivity index (χ4n) is 3.92. The molecule has 156 valence electrons. The molecule has 1 aliphatic carbocycles. The van der Waals surface area contributed by atoms with Crippen LogP contribution in [-0.2, 0) is 9.59 Å². The van der Waals surface area contributed by atoms with Crippen molar-refractivity contribution in [2.45, 2.75) is 44.6 Å². The van der Waals surface area contributed by atoms with E-state index in [2.05, 4.69) is 31.7 Å². The van der Waals surface area contributed by atoms with E-state index in [1.54, 1.807) is 18.3 Å². The molecule has 2 aromatic rings. The molecule has 2 amide bonds. The summed E-state index contributed by atoms with van der Waals surface area (Å²) in [5, 5.41) is 15.0. The van der Waals surface area contributed by atoms with Crippen molar-refractivity contribution in [2.24, 2.45) is 17.8 Å². The summed E-state index contributed by atoms with van der Waals surface area (Å²) >= 11 is 0. The number of ketones is 1. The zero-order valence-electron chi connectivity index (χ0n) is 16.6. The molecule has 4 rings (SSSR count). The van der Waals surface area contributed by atoms with E-state index in [-0.39, 0.29) is 42.2 Å². The molecular weight excluding hydrogens is 384 g/mol. The highest BCUT2D eigenvalue weighted by atomic mass is 16.2. The summed E-state index contributed by atoms with van der Waals surface area (Å²) in [6, 6.07) is 4.88. The molecule has 30 heavy (non-hydrogen) atoms. The first-order chi connectivity index (χ1) is 14.5. The second-order valence-electron chi connectivity index (χ2n) is 8.17.